The molecule has 0 saturated carbocycles. The quantitative estimate of drug-likeness (QED) is 0.914. The summed E-state index contributed by atoms with van der Waals surface area (Å²) in [5.41, 5.74) is 1.20. The SMILES string of the molecule is Cc1nc(CCN2C[C@H](O)[C@@H](N3CCCCC3)C2)cs1. The van der Waals surface area contributed by atoms with Gasteiger partial charge in [0.25, 0.3) is 0 Å². The summed E-state index contributed by atoms with van der Waals surface area (Å²) in [5, 5.41) is 13.6. The third-order valence-corrected chi connectivity index (χ3v) is 5.37. The number of thiazole rings is 1. The number of hydrogen-bond acceptors (Lipinski definition) is 5. The first-order valence-electron chi connectivity index (χ1n) is 7.78. The van der Waals surface area contributed by atoms with Gasteiger partial charge in [-0.3, -0.25) is 9.80 Å². The van der Waals surface area contributed by atoms with E-state index in [9.17, 15) is 5.11 Å². The molecule has 4 nitrogen and oxygen atoms in total. The van der Waals surface area contributed by atoms with Crippen molar-refractivity contribution >= 4 is 11.3 Å². The van der Waals surface area contributed by atoms with Crippen molar-refractivity contribution in [1.29, 1.82) is 0 Å². The van der Waals surface area contributed by atoms with Crippen molar-refractivity contribution in [3.63, 3.8) is 0 Å². The first-order valence-corrected chi connectivity index (χ1v) is 8.66. The number of piperidine rings is 1. The second-order valence-corrected chi connectivity index (χ2v) is 7.16. The van der Waals surface area contributed by atoms with Gasteiger partial charge in [0.15, 0.2) is 0 Å². The Morgan fingerprint density at radius 3 is 2.80 bits per heavy atom. The molecule has 2 saturated heterocycles. The second-order valence-electron chi connectivity index (χ2n) is 6.10. The predicted molar refractivity (Wildman–Crippen MR) is 82.2 cm³/mol. The van der Waals surface area contributed by atoms with Crippen molar-refractivity contribution in [3.8, 4) is 0 Å². The minimum atomic E-state index is -0.176. The van der Waals surface area contributed by atoms with Crippen LogP contribution >= 0.6 is 11.3 Å². The topological polar surface area (TPSA) is 39.6 Å². The molecule has 112 valence electrons. The fourth-order valence-corrected chi connectivity index (χ4v) is 4.08. The molecule has 0 unspecified atom stereocenters. The minimum absolute atomic E-state index is 0.176. The van der Waals surface area contributed by atoms with Crippen LogP contribution in [0.2, 0.25) is 0 Å². The van der Waals surface area contributed by atoms with Crippen LogP contribution in [0.3, 0.4) is 0 Å². The zero-order chi connectivity index (χ0) is 13.9. The van der Waals surface area contributed by atoms with Crippen LogP contribution in [-0.2, 0) is 6.42 Å². The normalized spacial score (nSPS) is 29.1. The summed E-state index contributed by atoms with van der Waals surface area (Å²) in [6.45, 7) is 7.25. The molecule has 0 aromatic carbocycles. The van der Waals surface area contributed by atoms with Gasteiger partial charge in [0.2, 0.25) is 0 Å². The van der Waals surface area contributed by atoms with Crippen LogP contribution in [0.5, 0.6) is 0 Å². The summed E-state index contributed by atoms with van der Waals surface area (Å²) in [5.74, 6) is 0. The molecule has 3 heterocycles. The molecule has 0 amide bonds. The van der Waals surface area contributed by atoms with Crippen LogP contribution < -0.4 is 0 Å². The Bertz CT molecular complexity index is 431. The van der Waals surface area contributed by atoms with Crippen LogP contribution in [0.25, 0.3) is 0 Å². The summed E-state index contributed by atoms with van der Waals surface area (Å²) < 4.78 is 0. The average molecular weight is 295 g/mol. The van der Waals surface area contributed by atoms with Gasteiger partial charge in [-0.25, -0.2) is 4.98 Å². The molecule has 2 atom stereocenters. The van der Waals surface area contributed by atoms with E-state index in [1.54, 1.807) is 11.3 Å². The molecule has 0 radical (unpaired) electrons. The molecule has 5 heteroatoms. The van der Waals surface area contributed by atoms with Crippen LogP contribution in [0.4, 0.5) is 0 Å². The fourth-order valence-electron chi connectivity index (χ4n) is 3.43. The number of aryl methyl sites for hydroxylation is 1. The number of aromatic nitrogens is 1. The number of hydrogen-bond donors (Lipinski definition) is 1. The highest BCUT2D eigenvalue weighted by Gasteiger charge is 2.35. The molecule has 0 aliphatic carbocycles. The van der Waals surface area contributed by atoms with Crippen LogP contribution in [-0.4, -0.2) is 64.8 Å². The predicted octanol–water partition coefficient (Wildman–Crippen LogP) is 1.53. The molecule has 2 aliphatic rings. The van der Waals surface area contributed by atoms with E-state index in [1.807, 2.05) is 0 Å². The molecular weight excluding hydrogens is 270 g/mol. The summed E-state index contributed by atoms with van der Waals surface area (Å²) in [4.78, 5) is 9.42. The number of aliphatic hydroxyl groups excluding tert-OH is 1. The highest BCUT2D eigenvalue weighted by Crippen LogP contribution is 2.21. The lowest BCUT2D eigenvalue weighted by molar-refractivity contribution is 0.0706. The van der Waals surface area contributed by atoms with Crippen molar-refractivity contribution in [1.82, 2.24) is 14.8 Å². The third-order valence-electron chi connectivity index (χ3n) is 4.55. The molecule has 3 rings (SSSR count). The summed E-state index contributed by atoms with van der Waals surface area (Å²) in [7, 11) is 0. The van der Waals surface area contributed by atoms with E-state index in [0.29, 0.717) is 6.04 Å². The Morgan fingerprint density at radius 2 is 2.10 bits per heavy atom. The maximum Gasteiger partial charge on any atom is 0.0897 e. The summed E-state index contributed by atoms with van der Waals surface area (Å²) >= 11 is 1.72. The van der Waals surface area contributed by atoms with E-state index in [4.69, 9.17) is 0 Å². The Hall–Kier alpha value is -0.490. The zero-order valence-electron chi connectivity index (χ0n) is 12.3. The number of likely N-dealkylation sites (tertiary alicyclic amines) is 2. The van der Waals surface area contributed by atoms with Crippen LogP contribution in [0.1, 0.15) is 30.0 Å². The van der Waals surface area contributed by atoms with E-state index in [0.717, 1.165) is 31.1 Å². The van der Waals surface area contributed by atoms with E-state index in [1.165, 1.54) is 38.0 Å². The Balaban J connectivity index is 1.49. The lowest BCUT2D eigenvalue weighted by Gasteiger charge is -2.33. The van der Waals surface area contributed by atoms with Crippen molar-refractivity contribution in [2.45, 2.75) is 44.8 Å². The molecule has 1 aromatic heterocycles. The van der Waals surface area contributed by atoms with Crippen LogP contribution in [0.15, 0.2) is 5.38 Å². The van der Waals surface area contributed by atoms with Crippen molar-refractivity contribution in [3.05, 3.63) is 16.1 Å². The van der Waals surface area contributed by atoms with Crippen molar-refractivity contribution in [2.24, 2.45) is 0 Å². The van der Waals surface area contributed by atoms with E-state index < -0.39 is 0 Å². The van der Waals surface area contributed by atoms with Gasteiger partial charge in [0.05, 0.1) is 16.8 Å². The Labute approximate surface area is 125 Å². The molecule has 2 fully saturated rings. The fraction of sp³-hybridized carbons (Fsp3) is 0.800. The lowest BCUT2D eigenvalue weighted by atomic mass is 10.1. The number of aliphatic hydroxyl groups is 1. The standard InChI is InChI=1S/C15H25N3OS/c1-12-16-13(11-20-12)5-8-17-9-14(15(19)10-17)18-6-3-2-4-7-18/h11,14-15,19H,2-10H2,1H3/t14-,15-/m0/s1. The summed E-state index contributed by atoms with van der Waals surface area (Å²) in [6.07, 6.45) is 4.77. The van der Waals surface area contributed by atoms with Gasteiger partial charge in [-0.2, -0.15) is 0 Å². The van der Waals surface area contributed by atoms with E-state index in [2.05, 4.69) is 27.1 Å². The third kappa shape index (κ3) is 3.39. The number of rotatable bonds is 4. The van der Waals surface area contributed by atoms with Gasteiger partial charge in [-0.1, -0.05) is 6.42 Å². The molecule has 2 aliphatic heterocycles. The Morgan fingerprint density at radius 1 is 1.30 bits per heavy atom. The first kappa shape index (κ1) is 14.4. The number of nitrogens with zero attached hydrogens (tertiary/aromatic N) is 3. The van der Waals surface area contributed by atoms with Gasteiger partial charge >= 0.3 is 0 Å². The second kappa shape index (κ2) is 6.52. The minimum Gasteiger partial charge on any atom is -0.390 e. The molecular formula is C15H25N3OS. The molecule has 1 N–H and O–H groups in total. The maximum absolute atomic E-state index is 10.3. The van der Waals surface area contributed by atoms with E-state index in [-0.39, 0.29) is 6.10 Å². The van der Waals surface area contributed by atoms with Gasteiger partial charge in [0, 0.05) is 37.5 Å². The highest BCUT2D eigenvalue weighted by atomic mass is 32.1. The first-order chi connectivity index (χ1) is 9.72. The molecule has 20 heavy (non-hydrogen) atoms. The Kier molecular flexibility index (Phi) is 4.71. The van der Waals surface area contributed by atoms with Crippen molar-refractivity contribution < 1.29 is 5.11 Å². The van der Waals surface area contributed by atoms with Gasteiger partial charge < -0.3 is 5.11 Å². The molecule has 1 aromatic rings. The molecule has 0 spiro atoms. The zero-order valence-corrected chi connectivity index (χ0v) is 13.1. The largest absolute Gasteiger partial charge is 0.390 e. The highest BCUT2D eigenvalue weighted by molar-refractivity contribution is 7.09. The smallest absolute Gasteiger partial charge is 0.0897 e. The number of β-amino-alcohol motifs (C(OH)–C–C–N with tert-alkyl or cyclic N) is 1. The summed E-state index contributed by atoms with van der Waals surface area (Å²) in [6, 6.07) is 0.354. The molecule has 0 bridgehead atoms. The van der Waals surface area contributed by atoms with Gasteiger partial charge in [0.1, 0.15) is 0 Å². The maximum atomic E-state index is 10.3. The van der Waals surface area contributed by atoms with Gasteiger partial charge in [-0.15, -0.1) is 11.3 Å². The van der Waals surface area contributed by atoms with Crippen LogP contribution in [0, 0.1) is 6.92 Å². The monoisotopic (exact) mass is 295 g/mol. The van der Waals surface area contributed by atoms with Crippen molar-refractivity contribution in [2.75, 3.05) is 32.7 Å². The average Bonchev–Trinajstić information content (AvgIpc) is 3.03. The van der Waals surface area contributed by atoms with E-state index >= 15 is 0 Å². The lowest BCUT2D eigenvalue weighted by Crippen LogP contribution is -2.45. The van der Waals surface area contributed by atoms with Gasteiger partial charge in [-0.05, 0) is 32.9 Å².